The number of carbonyl (C=O) groups excluding carboxylic acids is 14. The summed E-state index contributed by atoms with van der Waals surface area (Å²) in [5, 5.41) is 26.0. The molecule has 4 N–H and O–H groups in total. The number of benzene rings is 3. The molecule has 4 aromatic heterocycles. The zero-order valence-electron chi connectivity index (χ0n) is 61.7. The van der Waals surface area contributed by atoms with E-state index < -0.39 is 58.9 Å². The molecule has 0 bridgehead atoms. The van der Waals surface area contributed by atoms with Crippen LogP contribution in [0.25, 0.3) is 33.5 Å². The van der Waals surface area contributed by atoms with E-state index in [1.165, 1.54) is 91.4 Å². The number of amides is 6. The van der Waals surface area contributed by atoms with Crippen molar-refractivity contribution in [2.75, 3.05) is 66.0 Å². The molecule has 33 nitrogen and oxygen atoms in total. The van der Waals surface area contributed by atoms with Crippen molar-refractivity contribution >= 4 is 105 Å². The monoisotopic (exact) mass is 1530 g/mol. The first-order valence-electron chi connectivity index (χ1n) is 32.7. The number of hydrogen-bond acceptors (Lipinski definition) is 23. The summed E-state index contributed by atoms with van der Waals surface area (Å²) < 4.78 is 10.9. The minimum Gasteiger partial charge on any atom is -1.00 e. The normalized spacial score (nSPS) is 14.9. The number of rotatable bonds is 11. The third kappa shape index (κ3) is 22.6. The van der Waals surface area contributed by atoms with Crippen LogP contribution in [0.3, 0.4) is 0 Å². The number of esters is 3. The standard InChI is InChI=1S/C25H24N4O6.2C21H20N4O4.C4H6O3.CH2O3.CH4O.2K.H/c1-15-13-27(24(33)18-7-5-4-6-8-18)11-12-28(15)25(34)22(32)20-14-29(16(2)30)23-19(20)9-10-21(26-23)35-17(3)31;1-14-13-23(20(27)15-6-3-2-4-7-15)10-11-24(14)21(28)18(26)17-12-22-19-16(17)8-5-9-25(19)29;1-13-12-24(20(28)14-5-3-2-4-6-14)9-10-25(13)21(29)18(27)16-11-22-19-15(16)7-8-17(26)23-19;1-3(5)7-4(2)6;2-1-4-3;1-2;;;/h4-10,14-15H,11-13H2,1-3H3;2-9,12,14,29H,10-11,13H2,1H3;2-8,11,13H,9-10,12H2,1H3,(H2,22,23,26);1-2H3;1,3H;2H,1H3;;;/q;;;;;;2*+1;-1/p-1/t15-;14-;13-;;;;;;/m111....../s1. The van der Waals surface area contributed by atoms with Gasteiger partial charge in [-0.05, 0) is 81.4 Å². The fourth-order valence-electron chi connectivity index (χ4n) is 11.7. The zero-order chi connectivity index (χ0) is 77.6. The number of carbonyl (C=O) groups is 14. The van der Waals surface area contributed by atoms with Gasteiger partial charge in [0.15, 0.2) is 11.5 Å². The van der Waals surface area contributed by atoms with Crippen LogP contribution in [0.1, 0.15) is 117 Å². The van der Waals surface area contributed by atoms with E-state index in [2.05, 4.69) is 29.6 Å². The van der Waals surface area contributed by atoms with E-state index in [1.54, 1.807) is 82.3 Å². The Morgan fingerprint density at radius 2 is 0.963 bits per heavy atom. The Morgan fingerprint density at radius 1 is 0.546 bits per heavy atom. The van der Waals surface area contributed by atoms with Crippen LogP contribution < -0.4 is 118 Å². The smallest absolute Gasteiger partial charge is 1.00 e. The maximum absolute atomic E-state index is 13.2. The molecule has 0 unspecified atom stereocenters. The number of ketones is 3. The third-order valence-electron chi connectivity index (χ3n) is 16.6. The molecule has 12 rings (SSSR count). The Morgan fingerprint density at radius 3 is 1.35 bits per heavy atom. The Kier molecular flexibility index (Phi) is 34.5. The summed E-state index contributed by atoms with van der Waals surface area (Å²) >= 11 is 0. The predicted octanol–water partition coefficient (Wildman–Crippen LogP) is -2.37. The van der Waals surface area contributed by atoms with Gasteiger partial charge in [-0.1, -0.05) is 54.6 Å². The summed E-state index contributed by atoms with van der Waals surface area (Å²) in [6.45, 7) is 12.9. The van der Waals surface area contributed by atoms with Crippen molar-refractivity contribution in [1.29, 1.82) is 0 Å². The first kappa shape index (κ1) is 88.7. The molecule has 7 aromatic rings. The molecule has 6 amide bonds. The second-order valence-corrected chi connectivity index (χ2v) is 23.8. The van der Waals surface area contributed by atoms with E-state index >= 15 is 0 Å². The van der Waals surface area contributed by atoms with Crippen LogP contribution in [0.4, 0.5) is 0 Å². The van der Waals surface area contributed by atoms with Gasteiger partial charge in [0, 0.05) is 182 Å². The molecule has 5 aliphatic rings. The number of aliphatic hydroxyl groups excluding tert-OH is 1. The van der Waals surface area contributed by atoms with Gasteiger partial charge < -0.3 is 70.7 Å². The van der Waals surface area contributed by atoms with Crippen LogP contribution in [0.15, 0.2) is 157 Å². The Labute approximate surface area is 703 Å². The van der Waals surface area contributed by atoms with Gasteiger partial charge in [-0.25, -0.2) is 4.98 Å². The van der Waals surface area contributed by atoms with E-state index in [4.69, 9.17) is 19.9 Å². The summed E-state index contributed by atoms with van der Waals surface area (Å²) in [6.07, 6.45) is 5.41. The van der Waals surface area contributed by atoms with E-state index in [0.29, 0.717) is 71.4 Å². The van der Waals surface area contributed by atoms with Crippen molar-refractivity contribution in [3.05, 3.63) is 196 Å². The molecule has 556 valence electrons. The van der Waals surface area contributed by atoms with E-state index in [-0.39, 0.29) is 212 Å². The molecule has 0 aliphatic carbocycles. The number of ether oxygens (including phenoxy) is 2. The maximum atomic E-state index is 13.2. The van der Waals surface area contributed by atoms with Crippen molar-refractivity contribution in [3.8, 4) is 17.3 Å². The van der Waals surface area contributed by atoms with Crippen LogP contribution in [0, 0.1) is 0 Å². The van der Waals surface area contributed by atoms with Crippen molar-refractivity contribution in [2.45, 2.75) is 66.6 Å². The SMILES string of the molecule is CC(=O)OC(C)=O.CC(=O)Oc1ccc2c(C(=O)C(=O)N3CCN(C(=O)c4ccccc4)C[C@H]3C)cn(C(C)=O)c2n1.CO.C[C@@H]1CN(C(=O)c2ccccc2)CCN1C(=O)C(=O)c1c[nH]c2[nH]c(=O)ccc12.C[C@@H]1CN(C(=O)c2ccccc2)CCN1C(=O)C(=O)c1cnc2n(O)cccc1-2.O=CO[O-].[H-].[K+].[K+]. The number of aliphatic hydroxyl groups is 1. The molecule has 3 saturated heterocycles. The average Bonchev–Trinajstić information content (AvgIpc) is 1.65. The van der Waals surface area contributed by atoms with Gasteiger partial charge in [0.1, 0.15) is 5.65 Å². The van der Waals surface area contributed by atoms with Crippen LogP contribution in [0.2, 0.25) is 0 Å². The number of fused-ring (bicyclic) bond motifs is 3. The number of nitrogens with one attached hydrogen (secondary N) is 2. The van der Waals surface area contributed by atoms with Gasteiger partial charge in [0.2, 0.25) is 17.3 Å². The minimum absolute atomic E-state index is 0. The summed E-state index contributed by atoms with van der Waals surface area (Å²) in [6, 6.07) is 34.8. The van der Waals surface area contributed by atoms with Crippen LogP contribution in [-0.4, -0.2) is 236 Å². The van der Waals surface area contributed by atoms with Gasteiger partial charge in [-0.15, -0.1) is 0 Å². The second-order valence-electron chi connectivity index (χ2n) is 23.8. The van der Waals surface area contributed by atoms with E-state index in [0.717, 1.165) is 16.4 Å². The molecule has 35 heteroatoms. The average molecular weight is 1540 g/mol. The predicted molar refractivity (Wildman–Crippen MR) is 375 cm³/mol. The van der Waals surface area contributed by atoms with Crippen molar-refractivity contribution < 1.29 is 201 Å². The molecule has 108 heavy (non-hydrogen) atoms. The van der Waals surface area contributed by atoms with Gasteiger partial charge >= 0.3 is 121 Å². The Bertz CT molecular complexity index is 4770. The first-order chi connectivity index (χ1) is 50.6. The summed E-state index contributed by atoms with van der Waals surface area (Å²) in [5.74, 6) is -6.31. The summed E-state index contributed by atoms with van der Waals surface area (Å²) in [5.41, 5.74) is 2.80. The van der Waals surface area contributed by atoms with Gasteiger partial charge in [-0.3, -0.25) is 76.5 Å². The molecule has 3 fully saturated rings. The number of aromatic amines is 2. The molecular weight excluding hydrogens is 1460 g/mol. The fraction of sp³-hybridized carbons (Fsp3) is 0.274. The molecule has 0 saturated carbocycles. The second kappa shape index (κ2) is 42.0. The summed E-state index contributed by atoms with van der Waals surface area (Å²) in [7, 11) is 1.00. The number of Topliss-reactive ketones (excluding diaryl/α,β-unsaturated/α-hetero) is 3. The van der Waals surface area contributed by atoms with Gasteiger partial charge in [0.25, 0.3) is 59.3 Å². The number of aromatic nitrogens is 6. The topological polar surface area (TPSA) is 434 Å². The quantitative estimate of drug-likeness (QED) is 0.0121. The molecular formula is C73H76K2N12O21. The minimum atomic E-state index is -0.785. The number of pyridine rings is 3. The largest absolute Gasteiger partial charge is 1.00 e. The molecule has 5 aliphatic heterocycles. The third-order valence-corrected chi connectivity index (χ3v) is 16.6. The van der Waals surface area contributed by atoms with Gasteiger partial charge in [0.05, 0.1) is 16.7 Å². The molecule has 9 heterocycles. The number of H-pyrrole nitrogens is 2. The van der Waals surface area contributed by atoms with Crippen molar-refractivity contribution in [2.24, 2.45) is 0 Å². The van der Waals surface area contributed by atoms with Crippen LogP contribution >= 0.6 is 0 Å². The first-order valence-corrected chi connectivity index (χ1v) is 32.7. The molecule has 3 aromatic carbocycles. The Balaban J connectivity index is 0.000000316. The van der Waals surface area contributed by atoms with Crippen LogP contribution in [-0.2, 0) is 43.2 Å². The van der Waals surface area contributed by atoms with Crippen LogP contribution in [0.5, 0.6) is 5.88 Å². The molecule has 0 spiro atoms. The van der Waals surface area contributed by atoms with E-state index in [9.17, 15) is 72.3 Å². The number of hydrogen-bond donors (Lipinski definition) is 4. The van der Waals surface area contributed by atoms with Crippen molar-refractivity contribution in [1.82, 2.24) is 58.6 Å². The number of piperazine rings is 3. The molecule has 3 atom stereocenters. The van der Waals surface area contributed by atoms with Gasteiger partial charge in [-0.2, -0.15) is 9.71 Å². The molecule has 0 radical (unpaired) electrons. The van der Waals surface area contributed by atoms with E-state index in [1.807, 2.05) is 56.3 Å². The summed E-state index contributed by atoms with van der Waals surface area (Å²) in [4.78, 5) is 205. The number of nitrogens with zero attached hydrogens (tertiary/aromatic N) is 10. The fourth-order valence-corrected chi connectivity index (χ4v) is 11.7. The van der Waals surface area contributed by atoms with Crippen molar-refractivity contribution in [3.63, 3.8) is 0 Å². The zero-order valence-corrected chi connectivity index (χ0v) is 67.0. The maximum Gasteiger partial charge on any atom is 1.00 e. The Hall–Kier alpha value is -9.90.